The van der Waals surface area contributed by atoms with E-state index in [1.54, 1.807) is 4.90 Å². The number of rotatable bonds is 3. The van der Waals surface area contributed by atoms with Gasteiger partial charge in [-0.3, -0.25) is 0 Å². The lowest BCUT2D eigenvalue weighted by molar-refractivity contribution is -0.137. The van der Waals surface area contributed by atoms with Crippen molar-refractivity contribution in [3.63, 3.8) is 0 Å². The highest BCUT2D eigenvalue weighted by Crippen LogP contribution is 2.40. The molecule has 2 atom stereocenters. The number of benzene rings is 1. The normalized spacial score (nSPS) is 23.1. The van der Waals surface area contributed by atoms with Crippen LogP contribution in [0.1, 0.15) is 12.0 Å². The van der Waals surface area contributed by atoms with E-state index in [-0.39, 0.29) is 24.0 Å². The standard InChI is InChI=1S/C14H20F3N3O/c1-19(2)7-10-6-11(21)8-20(10)13-4-3-9(18)5-12(13)14(15,16)17/h3-5,10-11,21H,6-8,18H2,1-2H3. The number of likely N-dealkylation sites (N-methyl/N-ethyl adjacent to an activating group) is 1. The smallest absolute Gasteiger partial charge is 0.399 e. The molecule has 1 aliphatic heterocycles. The van der Waals surface area contributed by atoms with E-state index in [0.29, 0.717) is 13.0 Å². The molecular formula is C14H20F3N3O. The molecular weight excluding hydrogens is 283 g/mol. The van der Waals surface area contributed by atoms with Gasteiger partial charge >= 0.3 is 6.18 Å². The van der Waals surface area contributed by atoms with Gasteiger partial charge in [-0.15, -0.1) is 0 Å². The molecule has 1 aliphatic rings. The second kappa shape index (κ2) is 5.73. The third-order valence-corrected chi connectivity index (χ3v) is 3.60. The van der Waals surface area contributed by atoms with E-state index in [1.807, 2.05) is 19.0 Å². The minimum absolute atomic E-state index is 0.0787. The summed E-state index contributed by atoms with van der Waals surface area (Å²) >= 11 is 0. The molecule has 1 fully saturated rings. The second-order valence-electron chi connectivity index (χ2n) is 5.73. The first-order chi connectivity index (χ1) is 9.68. The van der Waals surface area contributed by atoms with Crippen molar-refractivity contribution in [3.8, 4) is 0 Å². The average Bonchev–Trinajstić information content (AvgIpc) is 2.68. The number of β-amino-alcohol motifs (C(OH)–C–C–N with tert-alkyl or cyclic N) is 1. The van der Waals surface area contributed by atoms with Gasteiger partial charge in [-0.1, -0.05) is 0 Å². The van der Waals surface area contributed by atoms with E-state index in [9.17, 15) is 18.3 Å². The molecule has 0 bridgehead atoms. The van der Waals surface area contributed by atoms with E-state index in [1.165, 1.54) is 12.1 Å². The summed E-state index contributed by atoms with van der Waals surface area (Å²) in [5, 5.41) is 9.83. The molecule has 0 aromatic heterocycles. The number of nitrogens with two attached hydrogens (primary N) is 1. The van der Waals surface area contributed by atoms with Crippen LogP contribution < -0.4 is 10.6 Å². The number of halogens is 3. The van der Waals surface area contributed by atoms with Crippen LogP contribution in [0.5, 0.6) is 0 Å². The Hall–Kier alpha value is -1.47. The zero-order chi connectivity index (χ0) is 15.8. The Labute approximate surface area is 121 Å². The fraction of sp³-hybridized carbons (Fsp3) is 0.571. The molecule has 0 aliphatic carbocycles. The summed E-state index contributed by atoms with van der Waals surface area (Å²) in [6.45, 7) is 0.782. The SMILES string of the molecule is CN(C)CC1CC(O)CN1c1ccc(N)cc1C(F)(F)F. The van der Waals surface area contributed by atoms with Crippen LogP contribution in [-0.2, 0) is 6.18 Å². The average molecular weight is 303 g/mol. The summed E-state index contributed by atoms with van der Waals surface area (Å²) in [6, 6.07) is 3.65. The molecule has 118 valence electrons. The van der Waals surface area contributed by atoms with Crippen LogP contribution in [0.15, 0.2) is 18.2 Å². The second-order valence-corrected chi connectivity index (χ2v) is 5.73. The highest BCUT2D eigenvalue weighted by molar-refractivity contribution is 5.62. The predicted octanol–water partition coefficient (Wildman–Crippen LogP) is 1.79. The summed E-state index contributed by atoms with van der Waals surface area (Å²) in [4.78, 5) is 3.53. The summed E-state index contributed by atoms with van der Waals surface area (Å²) in [7, 11) is 3.72. The van der Waals surface area contributed by atoms with Gasteiger partial charge < -0.3 is 20.6 Å². The molecule has 0 amide bonds. The van der Waals surface area contributed by atoms with Gasteiger partial charge in [-0.05, 0) is 38.7 Å². The zero-order valence-corrected chi connectivity index (χ0v) is 12.1. The fourth-order valence-corrected chi connectivity index (χ4v) is 2.81. The van der Waals surface area contributed by atoms with Gasteiger partial charge in [0, 0.05) is 30.5 Å². The molecule has 21 heavy (non-hydrogen) atoms. The number of nitrogen functional groups attached to an aromatic ring is 1. The zero-order valence-electron chi connectivity index (χ0n) is 12.1. The molecule has 1 aromatic carbocycles. The van der Waals surface area contributed by atoms with Crippen LogP contribution >= 0.6 is 0 Å². The third kappa shape index (κ3) is 3.59. The first kappa shape index (κ1) is 15.9. The van der Waals surface area contributed by atoms with Gasteiger partial charge in [0.1, 0.15) is 0 Å². The van der Waals surface area contributed by atoms with E-state index in [0.717, 1.165) is 6.07 Å². The summed E-state index contributed by atoms with van der Waals surface area (Å²) in [5.74, 6) is 0. The van der Waals surface area contributed by atoms with Gasteiger partial charge in [0.2, 0.25) is 0 Å². The van der Waals surface area contributed by atoms with Crippen molar-refractivity contribution in [1.82, 2.24) is 4.90 Å². The third-order valence-electron chi connectivity index (χ3n) is 3.60. The first-order valence-corrected chi connectivity index (χ1v) is 6.74. The molecule has 2 rings (SSSR count). The molecule has 4 nitrogen and oxygen atoms in total. The molecule has 1 aromatic rings. The quantitative estimate of drug-likeness (QED) is 0.836. The van der Waals surface area contributed by atoms with Crippen LogP contribution in [0.2, 0.25) is 0 Å². The molecule has 2 unspecified atom stereocenters. The number of anilines is 2. The number of hydrogen-bond donors (Lipinski definition) is 2. The van der Waals surface area contributed by atoms with Crippen molar-refractivity contribution in [3.05, 3.63) is 23.8 Å². The fourth-order valence-electron chi connectivity index (χ4n) is 2.81. The van der Waals surface area contributed by atoms with Gasteiger partial charge in [-0.2, -0.15) is 13.2 Å². The lowest BCUT2D eigenvalue weighted by atomic mass is 10.1. The Morgan fingerprint density at radius 1 is 1.38 bits per heavy atom. The molecule has 1 saturated heterocycles. The Morgan fingerprint density at radius 2 is 2.05 bits per heavy atom. The lowest BCUT2D eigenvalue weighted by Crippen LogP contribution is -2.38. The van der Waals surface area contributed by atoms with Crippen molar-refractivity contribution in [1.29, 1.82) is 0 Å². The molecule has 0 radical (unpaired) electrons. The van der Waals surface area contributed by atoms with Crippen LogP contribution in [0.4, 0.5) is 24.5 Å². The van der Waals surface area contributed by atoms with Gasteiger partial charge in [0.15, 0.2) is 0 Å². The molecule has 7 heteroatoms. The maximum atomic E-state index is 13.2. The maximum absolute atomic E-state index is 13.2. The lowest BCUT2D eigenvalue weighted by Gasteiger charge is -2.31. The van der Waals surface area contributed by atoms with Gasteiger partial charge in [-0.25, -0.2) is 0 Å². The Balaban J connectivity index is 2.40. The largest absolute Gasteiger partial charge is 0.418 e. The van der Waals surface area contributed by atoms with E-state index >= 15 is 0 Å². The van der Waals surface area contributed by atoms with Crippen molar-refractivity contribution in [2.75, 3.05) is 37.8 Å². The number of hydrogen-bond acceptors (Lipinski definition) is 4. The highest BCUT2D eigenvalue weighted by Gasteiger charge is 2.39. The van der Waals surface area contributed by atoms with E-state index < -0.39 is 17.8 Å². The van der Waals surface area contributed by atoms with Crippen molar-refractivity contribution < 1.29 is 18.3 Å². The monoisotopic (exact) mass is 303 g/mol. The summed E-state index contributed by atoms with van der Waals surface area (Å²) in [6.07, 6.45) is -4.63. The van der Waals surface area contributed by atoms with Crippen LogP contribution in [-0.4, -0.2) is 49.3 Å². The topological polar surface area (TPSA) is 52.7 Å². The minimum Gasteiger partial charge on any atom is -0.399 e. The number of nitrogens with zero attached hydrogens (tertiary/aromatic N) is 2. The first-order valence-electron chi connectivity index (χ1n) is 6.74. The van der Waals surface area contributed by atoms with E-state index in [4.69, 9.17) is 5.73 Å². The molecule has 3 N–H and O–H groups in total. The number of aliphatic hydroxyl groups is 1. The Bertz CT molecular complexity index is 505. The van der Waals surface area contributed by atoms with Crippen molar-refractivity contribution >= 4 is 11.4 Å². The van der Waals surface area contributed by atoms with Gasteiger partial charge in [0.25, 0.3) is 0 Å². The molecule has 0 spiro atoms. The Kier molecular flexibility index (Phi) is 4.34. The van der Waals surface area contributed by atoms with Crippen molar-refractivity contribution in [2.45, 2.75) is 24.7 Å². The predicted molar refractivity (Wildman–Crippen MR) is 76.2 cm³/mol. The highest BCUT2D eigenvalue weighted by atomic mass is 19.4. The molecule has 0 saturated carbocycles. The Morgan fingerprint density at radius 3 is 2.62 bits per heavy atom. The van der Waals surface area contributed by atoms with Crippen LogP contribution in [0.3, 0.4) is 0 Å². The van der Waals surface area contributed by atoms with Gasteiger partial charge in [0.05, 0.1) is 11.7 Å². The van der Waals surface area contributed by atoms with Crippen LogP contribution in [0.25, 0.3) is 0 Å². The van der Waals surface area contributed by atoms with Crippen LogP contribution in [0, 0.1) is 0 Å². The number of alkyl halides is 3. The molecule has 1 heterocycles. The summed E-state index contributed by atoms with van der Waals surface area (Å²) in [5.41, 5.74) is 4.90. The summed E-state index contributed by atoms with van der Waals surface area (Å²) < 4.78 is 39.6. The maximum Gasteiger partial charge on any atom is 0.418 e. The number of aliphatic hydroxyl groups excluding tert-OH is 1. The minimum atomic E-state index is -4.47. The van der Waals surface area contributed by atoms with Crippen molar-refractivity contribution in [2.24, 2.45) is 0 Å². The van der Waals surface area contributed by atoms with E-state index in [2.05, 4.69) is 0 Å².